The zero-order valence-electron chi connectivity index (χ0n) is 8.76. The number of nitrogens with two attached hydrogens (primary N) is 1. The molecular weight excluding hydrogens is 208 g/mol. The predicted molar refractivity (Wildman–Crippen MR) is 59.6 cm³/mol. The maximum Gasteiger partial charge on any atom is 0.252 e. The highest BCUT2D eigenvalue weighted by molar-refractivity contribution is 5.94. The predicted octanol–water partition coefficient (Wildman–Crippen LogP) is -0.0317. The Labute approximate surface area is 93.2 Å². The molecule has 0 fully saturated rings. The fourth-order valence-electron chi connectivity index (χ4n) is 1.08. The van der Waals surface area contributed by atoms with Crippen molar-refractivity contribution < 1.29 is 10.0 Å². The number of hydrogen-bond donors (Lipinski definition) is 3. The third kappa shape index (κ3) is 3.66. The van der Waals surface area contributed by atoms with Crippen LogP contribution >= 0.6 is 0 Å². The van der Waals surface area contributed by atoms with Crippen LogP contribution in [0.3, 0.4) is 0 Å². The molecule has 0 aliphatic rings. The Morgan fingerprint density at radius 3 is 3.00 bits per heavy atom. The summed E-state index contributed by atoms with van der Waals surface area (Å²) in [6.07, 6.45) is 3.36. The van der Waals surface area contributed by atoms with E-state index in [1.54, 1.807) is 12.1 Å². The van der Waals surface area contributed by atoms with Gasteiger partial charge in [0.15, 0.2) is 0 Å². The lowest BCUT2D eigenvalue weighted by Crippen LogP contribution is -2.26. The fourth-order valence-corrected chi connectivity index (χ4v) is 1.08. The van der Waals surface area contributed by atoms with Gasteiger partial charge in [-0.05, 0) is 25.1 Å². The number of amides is 1. The van der Waals surface area contributed by atoms with Crippen molar-refractivity contribution >= 4 is 12.1 Å². The zero-order valence-corrected chi connectivity index (χ0v) is 8.76. The second-order valence-corrected chi connectivity index (χ2v) is 3.11. The van der Waals surface area contributed by atoms with Crippen molar-refractivity contribution in [3.05, 3.63) is 29.6 Å². The van der Waals surface area contributed by atoms with Crippen molar-refractivity contribution in [2.45, 2.75) is 6.42 Å². The maximum atomic E-state index is 11.5. The Balaban J connectivity index is 2.56. The van der Waals surface area contributed by atoms with Gasteiger partial charge in [0.05, 0.1) is 17.5 Å². The van der Waals surface area contributed by atoms with Gasteiger partial charge in [-0.15, -0.1) is 0 Å². The van der Waals surface area contributed by atoms with Gasteiger partial charge in [-0.1, -0.05) is 5.16 Å². The van der Waals surface area contributed by atoms with Crippen LogP contribution in [0.1, 0.15) is 22.5 Å². The normalized spacial score (nSPS) is 10.6. The van der Waals surface area contributed by atoms with Gasteiger partial charge in [0, 0.05) is 12.7 Å². The number of aromatic nitrogens is 1. The van der Waals surface area contributed by atoms with Gasteiger partial charge in [0.2, 0.25) is 0 Å². The van der Waals surface area contributed by atoms with E-state index in [0.29, 0.717) is 24.3 Å². The molecule has 0 saturated carbocycles. The van der Waals surface area contributed by atoms with Crippen molar-refractivity contribution in [1.29, 1.82) is 0 Å². The molecule has 0 radical (unpaired) electrons. The zero-order chi connectivity index (χ0) is 11.8. The molecule has 1 aromatic heterocycles. The Bertz CT molecular complexity index is 362. The molecule has 1 rings (SSSR count). The van der Waals surface area contributed by atoms with Crippen LogP contribution < -0.4 is 11.1 Å². The quantitative estimate of drug-likeness (QED) is 0.282. The minimum Gasteiger partial charge on any atom is -0.411 e. The number of nitrogens with zero attached hydrogens (tertiary/aromatic N) is 2. The molecule has 0 unspecified atom stereocenters. The highest BCUT2D eigenvalue weighted by atomic mass is 16.4. The maximum absolute atomic E-state index is 11.5. The standard InChI is InChI=1S/C10H14N4O2/c11-4-1-5-12-10(15)8-2-3-9(7-14-16)13-6-8/h2-3,6-7,16H,1,4-5,11H2,(H,12,15)/b14-7-. The lowest BCUT2D eigenvalue weighted by atomic mass is 10.2. The summed E-state index contributed by atoms with van der Waals surface area (Å²) in [7, 11) is 0. The largest absolute Gasteiger partial charge is 0.411 e. The molecule has 0 bridgehead atoms. The highest BCUT2D eigenvalue weighted by Gasteiger charge is 2.04. The van der Waals surface area contributed by atoms with E-state index >= 15 is 0 Å². The molecule has 4 N–H and O–H groups in total. The van der Waals surface area contributed by atoms with Crippen LogP contribution in [0.4, 0.5) is 0 Å². The molecule has 1 aromatic rings. The van der Waals surface area contributed by atoms with Crippen LogP contribution in [0.25, 0.3) is 0 Å². The second kappa shape index (κ2) is 6.52. The van der Waals surface area contributed by atoms with E-state index in [1.165, 1.54) is 12.4 Å². The summed E-state index contributed by atoms with van der Waals surface area (Å²) >= 11 is 0. The van der Waals surface area contributed by atoms with Crippen LogP contribution in [-0.2, 0) is 0 Å². The molecule has 16 heavy (non-hydrogen) atoms. The van der Waals surface area contributed by atoms with Crippen LogP contribution in [0.15, 0.2) is 23.5 Å². The third-order valence-electron chi connectivity index (χ3n) is 1.91. The lowest BCUT2D eigenvalue weighted by molar-refractivity contribution is 0.0953. The summed E-state index contributed by atoms with van der Waals surface area (Å²) in [6, 6.07) is 3.21. The molecule has 0 saturated heterocycles. The van der Waals surface area contributed by atoms with Gasteiger partial charge < -0.3 is 16.3 Å². The summed E-state index contributed by atoms with van der Waals surface area (Å²) in [5.41, 5.74) is 6.26. The highest BCUT2D eigenvalue weighted by Crippen LogP contribution is 1.98. The van der Waals surface area contributed by atoms with E-state index in [1.807, 2.05) is 0 Å². The summed E-state index contributed by atoms with van der Waals surface area (Å²) < 4.78 is 0. The summed E-state index contributed by atoms with van der Waals surface area (Å²) in [4.78, 5) is 15.4. The van der Waals surface area contributed by atoms with Crippen molar-refractivity contribution in [2.75, 3.05) is 13.1 Å². The van der Waals surface area contributed by atoms with Crippen LogP contribution in [-0.4, -0.2) is 35.4 Å². The molecule has 6 nitrogen and oxygen atoms in total. The van der Waals surface area contributed by atoms with Gasteiger partial charge in [0.1, 0.15) is 0 Å². The number of nitrogens with one attached hydrogen (secondary N) is 1. The van der Waals surface area contributed by atoms with E-state index in [-0.39, 0.29) is 5.91 Å². The SMILES string of the molecule is NCCCNC(=O)c1ccc(/C=N\O)nc1. The van der Waals surface area contributed by atoms with Crippen LogP contribution in [0, 0.1) is 0 Å². The average Bonchev–Trinajstić information content (AvgIpc) is 2.30. The Kier molecular flexibility index (Phi) is 4.94. The van der Waals surface area contributed by atoms with Crippen molar-refractivity contribution in [3.8, 4) is 0 Å². The molecule has 6 heteroatoms. The third-order valence-corrected chi connectivity index (χ3v) is 1.91. The van der Waals surface area contributed by atoms with Crippen molar-refractivity contribution in [3.63, 3.8) is 0 Å². The van der Waals surface area contributed by atoms with Crippen molar-refractivity contribution in [2.24, 2.45) is 10.9 Å². The minimum absolute atomic E-state index is 0.187. The second-order valence-electron chi connectivity index (χ2n) is 3.11. The fraction of sp³-hybridized carbons (Fsp3) is 0.300. The summed E-state index contributed by atoms with van der Waals surface area (Å²) in [6.45, 7) is 1.10. The minimum atomic E-state index is -0.187. The molecule has 1 heterocycles. The van der Waals surface area contributed by atoms with E-state index in [2.05, 4.69) is 15.5 Å². The van der Waals surface area contributed by atoms with Gasteiger partial charge in [-0.3, -0.25) is 9.78 Å². The molecule has 0 aromatic carbocycles. The number of rotatable bonds is 5. The first-order valence-corrected chi connectivity index (χ1v) is 4.89. The molecule has 86 valence electrons. The van der Waals surface area contributed by atoms with Gasteiger partial charge in [-0.25, -0.2) is 0 Å². The first-order chi connectivity index (χ1) is 7.77. The number of oxime groups is 1. The summed E-state index contributed by atoms with van der Waals surface area (Å²) in [5, 5.41) is 13.8. The van der Waals surface area contributed by atoms with E-state index in [9.17, 15) is 4.79 Å². The molecule has 0 atom stereocenters. The first-order valence-electron chi connectivity index (χ1n) is 4.89. The molecular formula is C10H14N4O2. The van der Waals surface area contributed by atoms with E-state index in [0.717, 1.165) is 6.42 Å². The Morgan fingerprint density at radius 2 is 2.44 bits per heavy atom. The molecule has 1 amide bonds. The molecule has 0 aliphatic carbocycles. The van der Waals surface area contributed by atoms with Crippen molar-refractivity contribution in [1.82, 2.24) is 10.3 Å². The smallest absolute Gasteiger partial charge is 0.252 e. The first kappa shape index (κ1) is 12.1. The topological polar surface area (TPSA) is 101 Å². The van der Waals surface area contributed by atoms with E-state index < -0.39 is 0 Å². The number of pyridine rings is 1. The van der Waals surface area contributed by atoms with Gasteiger partial charge in [0.25, 0.3) is 5.91 Å². The monoisotopic (exact) mass is 222 g/mol. The number of carbonyl (C=O) groups excluding carboxylic acids is 1. The van der Waals surface area contributed by atoms with Crippen LogP contribution in [0.2, 0.25) is 0 Å². The average molecular weight is 222 g/mol. The number of hydrogen-bond acceptors (Lipinski definition) is 5. The summed E-state index contributed by atoms with van der Waals surface area (Å²) in [5.74, 6) is -0.187. The van der Waals surface area contributed by atoms with Gasteiger partial charge >= 0.3 is 0 Å². The number of carbonyl (C=O) groups is 1. The lowest BCUT2D eigenvalue weighted by Gasteiger charge is -2.03. The molecule has 0 aliphatic heterocycles. The Hall–Kier alpha value is -1.95. The van der Waals surface area contributed by atoms with Gasteiger partial charge in [-0.2, -0.15) is 0 Å². The Morgan fingerprint density at radius 1 is 1.62 bits per heavy atom. The van der Waals surface area contributed by atoms with E-state index in [4.69, 9.17) is 10.9 Å². The van der Waals surface area contributed by atoms with Crippen LogP contribution in [0.5, 0.6) is 0 Å². The molecule has 0 spiro atoms.